The van der Waals surface area contributed by atoms with Crippen molar-refractivity contribution < 1.29 is 4.84 Å². The monoisotopic (exact) mass is 295 g/mol. The van der Waals surface area contributed by atoms with E-state index in [9.17, 15) is 0 Å². The zero-order chi connectivity index (χ0) is 15.0. The van der Waals surface area contributed by atoms with Gasteiger partial charge in [0.15, 0.2) is 0 Å². The van der Waals surface area contributed by atoms with Crippen LogP contribution in [0.5, 0.6) is 0 Å². The number of hydrogen-bond donors (Lipinski definition) is 1. The average Bonchev–Trinajstić information content (AvgIpc) is 2.61. The number of hydroxylamine groups is 1. The van der Waals surface area contributed by atoms with E-state index in [0.29, 0.717) is 18.6 Å². The van der Waals surface area contributed by atoms with Gasteiger partial charge in [0.2, 0.25) is 0 Å². The summed E-state index contributed by atoms with van der Waals surface area (Å²) in [5.41, 5.74) is 5.89. The fourth-order valence-corrected chi connectivity index (χ4v) is 3.35. The summed E-state index contributed by atoms with van der Waals surface area (Å²) in [6.45, 7) is 0.608. The number of nitrogens with one attached hydrogen (secondary N) is 1. The summed E-state index contributed by atoms with van der Waals surface area (Å²) in [4.78, 5) is 5.84. The first kappa shape index (κ1) is 15.3. The van der Waals surface area contributed by atoms with Gasteiger partial charge in [-0.05, 0) is 29.9 Å². The van der Waals surface area contributed by atoms with Crippen LogP contribution < -0.4 is 5.48 Å². The molecule has 0 aromatic heterocycles. The molecule has 2 aromatic rings. The fourth-order valence-electron chi connectivity index (χ4n) is 3.35. The van der Waals surface area contributed by atoms with Gasteiger partial charge < -0.3 is 0 Å². The molecule has 1 fully saturated rings. The molecule has 2 heteroatoms. The van der Waals surface area contributed by atoms with Gasteiger partial charge in [0.25, 0.3) is 0 Å². The van der Waals surface area contributed by atoms with Gasteiger partial charge in [-0.25, -0.2) is 0 Å². The summed E-state index contributed by atoms with van der Waals surface area (Å²) >= 11 is 0. The summed E-state index contributed by atoms with van der Waals surface area (Å²) in [5, 5.41) is 0. The quantitative estimate of drug-likeness (QED) is 0.755. The second-order valence-electron chi connectivity index (χ2n) is 6.18. The van der Waals surface area contributed by atoms with Gasteiger partial charge in [0, 0.05) is 0 Å². The molecule has 3 rings (SSSR count). The molecule has 0 radical (unpaired) electrons. The second kappa shape index (κ2) is 8.11. The van der Waals surface area contributed by atoms with E-state index in [0.717, 1.165) is 0 Å². The summed E-state index contributed by atoms with van der Waals surface area (Å²) in [6, 6.07) is 21.3. The molecule has 1 aliphatic carbocycles. The van der Waals surface area contributed by atoms with Crippen LogP contribution in [0.1, 0.15) is 49.3 Å². The Bertz CT molecular complexity index is 534. The van der Waals surface area contributed by atoms with E-state index in [-0.39, 0.29) is 0 Å². The maximum absolute atomic E-state index is 5.84. The molecule has 0 aliphatic heterocycles. The zero-order valence-corrected chi connectivity index (χ0v) is 13.1. The molecule has 0 saturated heterocycles. The van der Waals surface area contributed by atoms with Gasteiger partial charge in [0.1, 0.15) is 0 Å². The van der Waals surface area contributed by atoms with E-state index in [4.69, 9.17) is 4.84 Å². The van der Waals surface area contributed by atoms with Crippen LogP contribution in [-0.2, 0) is 11.4 Å². The molecule has 1 atom stereocenters. The van der Waals surface area contributed by atoms with E-state index in [1.165, 1.54) is 43.2 Å². The Morgan fingerprint density at radius 1 is 0.864 bits per heavy atom. The Hall–Kier alpha value is -1.64. The van der Waals surface area contributed by atoms with Crippen LogP contribution in [-0.4, -0.2) is 0 Å². The van der Waals surface area contributed by atoms with Crippen molar-refractivity contribution in [2.75, 3.05) is 0 Å². The number of hydrogen-bond acceptors (Lipinski definition) is 2. The van der Waals surface area contributed by atoms with Crippen molar-refractivity contribution in [3.63, 3.8) is 0 Å². The molecule has 22 heavy (non-hydrogen) atoms. The highest BCUT2D eigenvalue weighted by atomic mass is 16.6. The van der Waals surface area contributed by atoms with Crippen LogP contribution in [0.3, 0.4) is 0 Å². The molecule has 0 heterocycles. The Morgan fingerprint density at radius 2 is 1.50 bits per heavy atom. The summed E-state index contributed by atoms with van der Waals surface area (Å²) in [7, 11) is 0. The molecule has 0 spiro atoms. The largest absolute Gasteiger partial charge is 0.296 e. The molecule has 1 unspecified atom stereocenters. The lowest BCUT2D eigenvalue weighted by molar-refractivity contribution is -0.0161. The predicted molar refractivity (Wildman–Crippen MR) is 90.1 cm³/mol. The highest BCUT2D eigenvalue weighted by Gasteiger charge is 2.25. The summed E-state index contributed by atoms with van der Waals surface area (Å²) < 4.78 is 0. The van der Waals surface area contributed by atoms with Crippen LogP contribution in [0.2, 0.25) is 0 Å². The van der Waals surface area contributed by atoms with Gasteiger partial charge in [0.05, 0.1) is 12.6 Å². The number of benzene rings is 2. The highest BCUT2D eigenvalue weighted by molar-refractivity contribution is 5.19. The lowest BCUT2D eigenvalue weighted by Crippen LogP contribution is -2.29. The third-order valence-electron chi connectivity index (χ3n) is 4.57. The minimum atomic E-state index is 0.296. The lowest BCUT2D eigenvalue weighted by atomic mass is 9.81. The van der Waals surface area contributed by atoms with Gasteiger partial charge in [-0.3, -0.25) is 4.84 Å². The van der Waals surface area contributed by atoms with Crippen LogP contribution in [0.25, 0.3) is 0 Å². The first-order valence-corrected chi connectivity index (χ1v) is 8.39. The molecular weight excluding hydrogens is 270 g/mol. The van der Waals surface area contributed by atoms with E-state index in [1.807, 2.05) is 6.07 Å². The maximum Gasteiger partial charge on any atom is 0.0933 e. The van der Waals surface area contributed by atoms with E-state index in [1.54, 1.807) is 0 Å². The van der Waals surface area contributed by atoms with Crippen molar-refractivity contribution in [1.82, 2.24) is 5.48 Å². The molecule has 0 amide bonds. The third kappa shape index (κ3) is 4.19. The predicted octanol–water partition coefficient (Wildman–Crippen LogP) is 5.03. The molecule has 2 nitrogen and oxygen atoms in total. The normalized spacial score (nSPS) is 17.3. The molecule has 2 aromatic carbocycles. The first-order valence-electron chi connectivity index (χ1n) is 8.39. The van der Waals surface area contributed by atoms with Crippen molar-refractivity contribution in [2.24, 2.45) is 5.92 Å². The van der Waals surface area contributed by atoms with Crippen molar-refractivity contribution in [1.29, 1.82) is 0 Å². The summed E-state index contributed by atoms with van der Waals surface area (Å²) in [5.74, 6) is 0.673. The van der Waals surface area contributed by atoms with Crippen molar-refractivity contribution in [2.45, 2.75) is 44.8 Å². The number of rotatable bonds is 6. The second-order valence-corrected chi connectivity index (χ2v) is 6.18. The van der Waals surface area contributed by atoms with Crippen LogP contribution in [0, 0.1) is 5.92 Å². The van der Waals surface area contributed by atoms with Crippen LogP contribution in [0.4, 0.5) is 0 Å². The van der Waals surface area contributed by atoms with Gasteiger partial charge in [-0.15, -0.1) is 0 Å². The average molecular weight is 295 g/mol. The Labute approximate surface area is 133 Å². The molecule has 0 bridgehead atoms. The van der Waals surface area contributed by atoms with Crippen molar-refractivity contribution in [3.05, 3.63) is 71.8 Å². The SMILES string of the molecule is c1ccc(CONC(c2ccccc2)C2CCCCC2)cc1. The van der Waals surface area contributed by atoms with Crippen LogP contribution >= 0.6 is 0 Å². The van der Waals surface area contributed by atoms with E-state index in [2.05, 4.69) is 60.1 Å². The molecule has 1 aliphatic rings. The summed E-state index contributed by atoms with van der Waals surface area (Å²) in [6.07, 6.45) is 6.65. The van der Waals surface area contributed by atoms with Crippen LogP contribution in [0.15, 0.2) is 60.7 Å². The van der Waals surface area contributed by atoms with Gasteiger partial charge in [-0.1, -0.05) is 79.9 Å². The molecule has 1 saturated carbocycles. The maximum atomic E-state index is 5.84. The Kier molecular flexibility index (Phi) is 5.63. The molecule has 1 N–H and O–H groups in total. The van der Waals surface area contributed by atoms with Crippen molar-refractivity contribution in [3.8, 4) is 0 Å². The van der Waals surface area contributed by atoms with Crippen molar-refractivity contribution >= 4 is 0 Å². The van der Waals surface area contributed by atoms with Gasteiger partial charge in [-0.2, -0.15) is 5.48 Å². The lowest BCUT2D eigenvalue weighted by Gasteiger charge is -2.31. The van der Waals surface area contributed by atoms with E-state index >= 15 is 0 Å². The topological polar surface area (TPSA) is 21.3 Å². The minimum Gasteiger partial charge on any atom is -0.296 e. The Balaban J connectivity index is 1.63. The standard InChI is InChI=1S/C20H25NO/c1-4-10-17(11-5-1)16-22-21-20(18-12-6-2-7-13-18)19-14-8-3-9-15-19/h1-2,4-7,10-13,19-21H,3,8-9,14-16H2. The third-order valence-corrected chi connectivity index (χ3v) is 4.57. The molecule has 116 valence electrons. The smallest absolute Gasteiger partial charge is 0.0933 e. The Morgan fingerprint density at radius 3 is 2.18 bits per heavy atom. The highest BCUT2D eigenvalue weighted by Crippen LogP contribution is 2.34. The molecular formula is C20H25NO. The minimum absolute atomic E-state index is 0.296. The zero-order valence-electron chi connectivity index (χ0n) is 13.1. The van der Waals surface area contributed by atoms with Gasteiger partial charge >= 0.3 is 0 Å². The van der Waals surface area contributed by atoms with E-state index < -0.39 is 0 Å². The fraction of sp³-hybridized carbons (Fsp3) is 0.400. The first-order chi connectivity index (χ1) is 10.9.